The van der Waals surface area contributed by atoms with E-state index >= 15 is 0 Å². The molecule has 0 aliphatic carbocycles. The molecule has 0 bridgehead atoms. The van der Waals surface area contributed by atoms with E-state index in [2.05, 4.69) is 41.4 Å². The maximum atomic E-state index is 12.0. The lowest BCUT2D eigenvalue weighted by atomic mass is 9.86. The minimum atomic E-state index is -0.236. The van der Waals surface area contributed by atoms with E-state index in [9.17, 15) is 4.79 Å². The average Bonchev–Trinajstić information content (AvgIpc) is 2.99. The SMILES string of the molecule is CC(C)(C)[C@@H](Cn1ccnc1)NC(=O)Nc1nccs1. The van der Waals surface area contributed by atoms with E-state index in [4.69, 9.17) is 0 Å². The van der Waals surface area contributed by atoms with Crippen LogP contribution in [-0.4, -0.2) is 26.6 Å². The molecule has 20 heavy (non-hydrogen) atoms. The summed E-state index contributed by atoms with van der Waals surface area (Å²) in [4.78, 5) is 20.1. The van der Waals surface area contributed by atoms with Crippen molar-refractivity contribution in [2.24, 2.45) is 5.41 Å². The van der Waals surface area contributed by atoms with Crippen molar-refractivity contribution in [1.29, 1.82) is 0 Å². The zero-order chi connectivity index (χ0) is 14.6. The van der Waals surface area contributed by atoms with Crippen molar-refractivity contribution >= 4 is 22.5 Å². The van der Waals surface area contributed by atoms with Crippen LogP contribution in [0.15, 0.2) is 30.3 Å². The highest BCUT2D eigenvalue weighted by Crippen LogP contribution is 2.21. The zero-order valence-electron chi connectivity index (χ0n) is 11.8. The average molecular weight is 293 g/mol. The van der Waals surface area contributed by atoms with Gasteiger partial charge in [0.15, 0.2) is 5.13 Å². The molecule has 2 aromatic rings. The second kappa shape index (κ2) is 6.04. The molecule has 0 spiro atoms. The lowest BCUT2D eigenvalue weighted by Gasteiger charge is -2.31. The summed E-state index contributed by atoms with van der Waals surface area (Å²) in [6.07, 6.45) is 7.03. The van der Waals surface area contributed by atoms with Gasteiger partial charge in [0.2, 0.25) is 0 Å². The number of rotatable bonds is 4. The van der Waals surface area contributed by atoms with Crippen LogP contribution in [0.1, 0.15) is 20.8 Å². The Kier molecular flexibility index (Phi) is 4.39. The van der Waals surface area contributed by atoms with Gasteiger partial charge in [-0.15, -0.1) is 11.3 Å². The number of hydrogen-bond donors (Lipinski definition) is 2. The van der Waals surface area contributed by atoms with E-state index in [0.29, 0.717) is 11.7 Å². The molecule has 0 radical (unpaired) electrons. The van der Waals surface area contributed by atoms with Crippen LogP contribution in [0.4, 0.5) is 9.93 Å². The first-order valence-corrected chi connectivity index (χ1v) is 7.26. The normalized spacial score (nSPS) is 12.9. The molecule has 0 fully saturated rings. The van der Waals surface area contributed by atoms with Crippen molar-refractivity contribution in [1.82, 2.24) is 19.9 Å². The van der Waals surface area contributed by atoms with Gasteiger partial charge in [-0.3, -0.25) is 5.32 Å². The number of aromatic nitrogens is 3. The van der Waals surface area contributed by atoms with Crippen LogP contribution in [0.2, 0.25) is 0 Å². The van der Waals surface area contributed by atoms with Crippen molar-refractivity contribution < 1.29 is 4.79 Å². The fraction of sp³-hybridized carbons (Fsp3) is 0.462. The van der Waals surface area contributed by atoms with E-state index in [1.54, 1.807) is 18.7 Å². The molecule has 0 saturated heterocycles. The molecule has 7 heteroatoms. The van der Waals surface area contributed by atoms with Gasteiger partial charge in [-0.25, -0.2) is 14.8 Å². The molecular formula is C13H19N5OS. The number of carbonyl (C=O) groups is 1. The smallest absolute Gasteiger partial charge is 0.321 e. The number of anilines is 1. The highest BCUT2D eigenvalue weighted by molar-refractivity contribution is 7.13. The molecule has 108 valence electrons. The molecule has 2 rings (SSSR count). The Morgan fingerprint density at radius 3 is 2.80 bits per heavy atom. The van der Waals surface area contributed by atoms with Crippen LogP contribution in [-0.2, 0) is 6.54 Å². The van der Waals surface area contributed by atoms with Crippen molar-refractivity contribution in [3.63, 3.8) is 0 Å². The highest BCUT2D eigenvalue weighted by atomic mass is 32.1. The lowest BCUT2D eigenvalue weighted by molar-refractivity contribution is 0.218. The molecule has 2 heterocycles. The fourth-order valence-electron chi connectivity index (χ4n) is 1.72. The van der Waals surface area contributed by atoms with E-state index in [1.807, 2.05) is 16.1 Å². The van der Waals surface area contributed by atoms with Gasteiger partial charge in [-0.2, -0.15) is 0 Å². The largest absolute Gasteiger partial charge is 0.335 e. The Morgan fingerprint density at radius 1 is 1.45 bits per heavy atom. The summed E-state index contributed by atoms with van der Waals surface area (Å²) in [7, 11) is 0. The van der Waals surface area contributed by atoms with Gasteiger partial charge in [-0.1, -0.05) is 20.8 Å². The standard InChI is InChI=1S/C13H19N5OS/c1-13(2,3)10(8-18-6-4-14-9-18)16-11(19)17-12-15-5-7-20-12/h4-7,9-10H,8H2,1-3H3,(H2,15,16,17,19)/t10-/m1/s1. The van der Waals surface area contributed by atoms with Crippen molar-refractivity contribution in [3.8, 4) is 0 Å². The summed E-state index contributed by atoms with van der Waals surface area (Å²) in [5.74, 6) is 0. The highest BCUT2D eigenvalue weighted by Gasteiger charge is 2.26. The lowest BCUT2D eigenvalue weighted by Crippen LogP contribution is -2.47. The van der Waals surface area contributed by atoms with Crippen molar-refractivity contribution in [2.45, 2.75) is 33.4 Å². The van der Waals surface area contributed by atoms with Crippen molar-refractivity contribution in [2.75, 3.05) is 5.32 Å². The van der Waals surface area contributed by atoms with E-state index in [-0.39, 0.29) is 17.5 Å². The van der Waals surface area contributed by atoms with Crippen LogP contribution in [0.5, 0.6) is 0 Å². The number of thiazole rings is 1. The predicted molar refractivity (Wildman–Crippen MR) is 79.7 cm³/mol. The summed E-state index contributed by atoms with van der Waals surface area (Å²) >= 11 is 1.39. The van der Waals surface area contributed by atoms with Crippen LogP contribution in [0, 0.1) is 5.41 Å². The third kappa shape index (κ3) is 4.06. The van der Waals surface area contributed by atoms with Gasteiger partial charge in [0.1, 0.15) is 0 Å². The molecule has 0 aromatic carbocycles. The van der Waals surface area contributed by atoms with Gasteiger partial charge in [-0.05, 0) is 5.41 Å². The number of carbonyl (C=O) groups excluding carboxylic acids is 1. The summed E-state index contributed by atoms with van der Waals surface area (Å²) in [6.45, 7) is 6.96. The predicted octanol–water partition coefficient (Wildman–Crippen LogP) is 2.58. The second-order valence-electron chi connectivity index (χ2n) is 5.61. The minimum Gasteiger partial charge on any atom is -0.335 e. The number of nitrogens with one attached hydrogen (secondary N) is 2. The molecule has 0 aliphatic rings. The number of nitrogens with zero attached hydrogens (tertiary/aromatic N) is 3. The van der Waals surface area contributed by atoms with Gasteiger partial charge >= 0.3 is 6.03 Å². The Balaban J connectivity index is 1.98. The van der Waals surface area contributed by atoms with Gasteiger partial charge in [0.25, 0.3) is 0 Å². The van der Waals surface area contributed by atoms with Crippen molar-refractivity contribution in [3.05, 3.63) is 30.3 Å². The third-order valence-electron chi connectivity index (χ3n) is 2.96. The Bertz CT molecular complexity index is 530. The summed E-state index contributed by atoms with van der Waals surface area (Å²) < 4.78 is 1.96. The monoisotopic (exact) mass is 293 g/mol. The maximum absolute atomic E-state index is 12.0. The maximum Gasteiger partial charge on any atom is 0.321 e. The number of urea groups is 1. The third-order valence-corrected chi connectivity index (χ3v) is 3.64. The Labute approximate surface area is 122 Å². The van der Waals surface area contributed by atoms with Crippen LogP contribution >= 0.6 is 11.3 Å². The summed E-state index contributed by atoms with van der Waals surface area (Å²) in [5.41, 5.74) is -0.0650. The number of imidazole rings is 1. The van der Waals surface area contributed by atoms with Crippen LogP contribution < -0.4 is 10.6 Å². The molecule has 0 aliphatic heterocycles. The number of amides is 2. The Hall–Kier alpha value is -1.89. The molecular weight excluding hydrogens is 274 g/mol. The Morgan fingerprint density at radius 2 is 2.25 bits per heavy atom. The zero-order valence-corrected chi connectivity index (χ0v) is 12.6. The quantitative estimate of drug-likeness (QED) is 0.910. The van der Waals surface area contributed by atoms with E-state index in [0.717, 1.165) is 0 Å². The van der Waals surface area contributed by atoms with Gasteiger partial charge < -0.3 is 9.88 Å². The summed E-state index contributed by atoms with van der Waals surface area (Å²) in [5, 5.41) is 8.16. The second-order valence-corrected chi connectivity index (χ2v) is 6.51. The van der Waals surface area contributed by atoms with E-state index < -0.39 is 0 Å². The summed E-state index contributed by atoms with van der Waals surface area (Å²) in [6, 6.07) is -0.253. The van der Waals surface area contributed by atoms with Gasteiger partial charge in [0.05, 0.1) is 12.4 Å². The molecule has 0 unspecified atom stereocenters. The molecule has 6 nitrogen and oxygen atoms in total. The topological polar surface area (TPSA) is 71.8 Å². The molecule has 2 aromatic heterocycles. The first-order chi connectivity index (χ1) is 9.45. The molecule has 1 atom stereocenters. The molecule has 0 saturated carbocycles. The number of hydrogen-bond acceptors (Lipinski definition) is 4. The van der Waals surface area contributed by atoms with Crippen LogP contribution in [0.25, 0.3) is 0 Å². The first kappa shape index (κ1) is 14.5. The first-order valence-electron chi connectivity index (χ1n) is 6.38. The fourth-order valence-corrected chi connectivity index (χ4v) is 2.24. The van der Waals surface area contributed by atoms with E-state index in [1.165, 1.54) is 11.3 Å². The van der Waals surface area contributed by atoms with Crippen LogP contribution in [0.3, 0.4) is 0 Å². The van der Waals surface area contributed by atoms with Gasteiger partial charge in [0, 0.05) is 30.5 Å². The minimum absolute atomic E-state index is 0.0170. The molecule has 2 N–H and O–H groups in total. The molecule has 2 amide bonds.